The topological polar surface area (TPSA) is 75.7 Å². The summed E-state index contributed by atoms with van der Waals surface area (Å²) in [5, 5.41) is 2.96. The lowest BCUT2D eigenvalue weighted by Gasteiger charge is -2.20. The average molecular weight is 405 g/mol. The highest BCUT2D eigenvalue weighted by Gasteiger charge is 2.22. The SMILES string of the molecule is CCC[C@H](C)NC(=O)c1ccc(OC)c(CN(C)S(=O)(=O)c2ccccc2)c1. The van der Waals surface area contributed by atoms with Crippen molar-refractivity contribution in [3.8, 4) is 5.75 Å². The molecule has 2 aromatic carbocycles. The molecule has 2 rings (SSSR count). The van der Waals surface area contributed by atoms with Gasteiger partial charge in [-0.25, -0.2) is 8.42 Å². The van der Waals surface area contributed by atoms with Crippen LogP contribution in [-0.2, 0) is 16.6 Å². The monoisotopic (exact) mass is 404 g/mol. The molecule has 0 saturated carbocycles. The molecule has 1 N–H and O–H groups in total. The lowest BCUT2D eigenvalue weighted by Crippen LogP contribution is -2.32. The lowest BCUT2D eigenvalue weighted by molar-refractivity contribution is 0.0938. The number of amides is 1. The van der Waals surface area contributed by atoms with Crippen molar-refractivity contribution in [1.82, 2.24) is 9.62 Å². The number of rotatable bonds is 9. The van der Waals surface area contributed by atoms with Crippen LogP contribution in [0.5, 0.6) is 5.75 Å². The first kappa shape index (κ1) is 21.9. The van der Waals surface area contributed by atoms with Crippen molar-refractivity contribution in [1.29, 1.82) is 0 Å². The molecule has 0 aliphatic carbocycles. The van der Waals surface area contributed by atoms with Crippen LogP contribution in [0.4, 0.5) is 0 Å². The Labute approximate surface area is 167 Å². The van der Waals surface area contributed by atoms with E-state index in [1.165, 1.54) is 18.5 Å². The van der Waals surface area contributed by atoms with E-state index < -0.39 is 10.0 Å². The van der Waals surface area contributed by atoms with Gasteiger partial charge in [0.05, 0.1) is 12.0 Å². The Morgan fingerprint density at radius 2 is 1.86 bits per heavy atom. The van der Waals surface area contributed by atoms with Gasteiger partial charge in [0.1, 0.15) is 5.75 Å². The molecular formula is C21H28N2O4S. The third kappa shape index (κ3) is 5.33. The van der Waals surface area contributed by atoms with Crippen molar-refractivity contribution in [2.75, 3.05) is 14.2 Å². The summed E-state index contributed by atoms with van der Waals surface area (Å²) in [4.78, 5) is 12.7. The second-order valence-electron chi connectivity index (χ2n) is 6.76. The molecule has 0 bridgehead atoms. The number of nitrogens with zero attached hydrogens (tertiary/aromatic N) is 1. The van der Waals surface area contributed by atoms with Crippen LogP contribution in [-0.4, -0.2) is 38.8 Å². The van der Waals surface area contributed by atoms with Crippen LogP contribution in [0.25, 0.3) is 0 Å². The molecule has 2 aromatic rings. The highest BCUT2D eigenvalue weighted by atomic mass is 32.2. The molecule has 0 aliphatic heterocycles. The van der Waals surface area contributed by atoms with E-state index in [1.807, 2.05) is 6.92 Å². The normalized spacial score (nSPS) is 12.6. The van der Waals surface area contributed by atoms with E-state index in [0.29, 0.717) is 16.9 Å². The van der Waals surface area contributed by atoms with Gasteiger partial charge in [-0.15, -0.1) is 0 Å². The molecule has 0 aromatic heterocycles. The third-order valence-corrected chi connectivity index (χ3v) is 6.30. The van der Waals surface area contributed by atoms with Crippen molar-refractivity contribution in [2.45, 2.75) is 44.2 Å². The standard InChI is InChI=1S/C21H28N2O4S/c1-5-9-16(2)22-21(24)17-12-13-20(27-4)18(14-17)15-23(3)28(25,26)19-10-7-6-8-11-19/h6-8,10-14,16H,5,9,15H2,1-4H3,(H,22,24)/t16-/m0/s1. The van der Waals surface area contributed by atoms with E-state index in [2.05, 4.69) is 12.2 Å². The predicted molar refractivity (Wildman–Crippen MR) is 110 cm³/mol. The minimum absolute atomic E-state index is 0.0733. The summed E-state index contributed by atoms with van der Waals surface area (Å²) in [6.45, 7) is 4.12. The van der Waals surface area contributed by atoms with Crippen LogP contribution in [0.3, 0.4) is 0 Å². The Morgan fingerprint density at radius 1 is 1.18 bits per heavy atom. The maximum Gasteiger partial charge on any atom is 0.251 e. The fourth-order valence-electron chi connectivity index (χ4n) is 2.95. The molecule has 7 heteroatoms. The van der Waals surface area contributed by atoms with Crippen LogP contribution in [0, 0.1) is 0 Å². The molecule has 0 unspecified atom stereocenters. The summed E-state index contributed by atoms with van der Waals surface area (Å²) in [5.41, 5.74) is 1.10. The van der Waals surface area contributed by atoms with E-state index in [4.69, 9.17) is 4.74 Å². The van der Waals surface area contributed by atoms with E-state index in [0.717, 1.165) is 12.8 Å². The molecule has 0 saturated heterocycles. The van der Waals surface area contributed by atoms with Crippen LogP contribution in [0.15, 0.2) is 53.4 Å². The van der Waals surface area contributed by atoms with Gasteiger partial charge >= 0.3 is 0 Å². The van der Waals surface area contributed by atoms with Gasteiger partial charge < -0.3 is 10.1 Å². The molecule has 0 fully saturated rings. The van der Waals surface area contributed by atoms with Gasteiger partial charge in [-0.3, -0.25) is 4.79 Å². The fraction of sp³-hybridized carbons (Fsp3) is 0.381. The summed E-state index contributed by atoms with van der Waals surface area (Å²) in [6, 6.07) is 13.4. The number of methoxy groups -OCH3 is 1. The molecule has 152 valence electrons. The first-order chi connectivity index (χ1) is 13.3. The maximum absolute atomic E-state index is 12.8. The largest absolute Gasteiger partial charge is 0.496 e. The molecule has 1 atom stereocenters. The van der Waals surface area contributed by atoms with E-state index >= 15 is 0 Å². The van der Waals surface area contributed by atoms with Crippen molar-refractivity contribution in [3.05, 3.63) is 59.7 Å². The van der Waals surface area contributed by atoms with E-state index in [9.17, 15) is 13.2 Å². The average Bonchev–Trinajstić information content (AvgIpc) is 2.68. The zero-order chi connectivity index (χ0) is 20.7. The van der Waals surface area contributed by atoms with Gasteiger partial charge in [0, 0.05) is 30.8 Å². The molecule has 28 heavy (non-hydrogen) atoms. The number of benzene rings is 2. The predicted octanol–water partition coefficient (Wildman–Crippen LogP) is 3.43. The summed E-state index contributed by atoms with van der Waals surface area (Å²) >= 11 is 0. The number of carbonyl (C=O) groups excluding carboxylic acids is 1. The number of ether oxygens (including phenoxy) is 1. The van der Waals surface area contributed by atoms with Crippen LogP contribution in [0.1, 0.15) is 42.6 Å². The Kier molecular flexibility index (Phi) is 7.60. The smallest absolute Gasteiger partial charge is 0.251 e. The van der Waals surface area contributed by atoms with Crippen molar-refractivity contribution < 1.29 is 17.9 Å². The Bertz CT molecular complexity index is 898. The van der Waals surface area contributed by atoms with E-state index in [1.54, 1.807) is 48.5 Å². The molecule has 0 spiro atoms. The number of hydrogen-bond acceptors (Lipinski definition) is 4. The molecule has 6 nitrogen and oxygen atoms in total. The Morgan fingerprint density at radius 3 is 2.46 bits per heavy atom. The molecular weight excluding hydrogens is 376 g/mol. The van der Waals surface area contributed by atoms with Crippen molar-refractivity contribution in [3.63, 3.8) is 0 Å². The van der Waals surface area contributed by atoms with Gasteiger partial charge in [0.15, 0.2) is 0 Å². The number of carbonyl (C=O) groups is 1. The van der Waals surface area contributed by atoms with Crippen molar-refractivity contribution in [2.24, 2.45) is 0 Å². The number of sulfonamides is 1. The molecule has 1 amide bonds. The molecule has 0 radical (unpaired) electrons. The van der Waals surface area contributed by atoms with Crippen LogP contribution >= 0.6 is 0 Å². The van der Waals surface area contributed by atoms with Gasteiger partial charge in [0.2, 0.25) is 10.0 Å². The first-order valence-electron chi connectivity index (χ1n) is 9.28. The van der Waals surface area contributed by atoms with Crippen LogP contribution < -0.4 is 10.1 Å². The second-order valence-corrected chi connectivity index (χ2v) is 8.81. The Hall–Kier alpha value is -2.38. The first-order valence-corrected chi connectivity index (χ1v) is 10.7. The second kappa shape index (κ2) is 9.71. The van der Waals surface area contributed by atoms with Gasteiger partial charge in [-0.2, -0.15) is 4.31 Å². The van der Waals surface area contributed by atoms with Gasteiger partial charge in [-0.1, -0.05) is 31.5 Å². The van der Waals surface area contributed by atoms with E-state index in [-0.39, 0.29) is 23.4 Å². The van der Waals surface area contributed by atoms with Gasteiger partial charge in [0.25, 0.3) is 5.91 Å². The molecule has 0 heterocycles. The minimum Gasteiger partial charge on any atom is -0.496 e. The van der Waals surface area contributed by atoms with Crippen molar-refractivity contribution >= 4 is 15.9 Å². The number of hydrogen-bond donors (Lipinski definition) is 1. The summed E-state index contributed by atoms with van der Waals surface area (Å²) in [6.07, 6.45) is 1.88. The fourth-order valence-corrected chi connectivity index (χ4v) is 4.12. The summed E-state index contributed by atoms with van der Waals surface area (Å²) in [5.74, 6) is 0.353. The number of nitrogens with one attached hydrogen (secondary N) is 1. The van der Waals surface area contributed by atoms with Gasteiger partial charge in [-0.05, 0) is 43.7 Å². The third-order valence-electron chi connectivity index (χ3n) is 4.49. The highest BCUT2D eigenvalue weighted by Crippen LogP contribution is 2.24. The Balaban J connectivity index is 2.25. The zero-order valence-electron chi connectivity index (χ0n) is 16.8. The lowest BCUT2D eigenvalue weighted by atomic mass is 10.1. The maximum atomic E-state index is 12.8. The quantitative estimate of drug-likeness (QED) is 0.695. The zero-order valence-corrected chi connectivity index (χ0v) is 17.6. The summed E-state index contributed by atoms with van der Waals surface area (Å²) < 4.78 is 32.2. The highest BCUT2D eigenvalue weighted by molar-refractivity contribution is 7.89. The minimum atomic E-state index is -3.64. The molecule has 0 aliphatic rings. The van der Waals surface area contributed by atoms with Crippen LogP contribution in [0.2, 0.25) is 0 Å². The summed E-state index contributed by atoms with van der Waals surface area (Å²) in [7, 11) is -0.611.